The highest BCUT2D eigenvalue weighted by atomic mass is 32.1. The van der Waals surface area contributed by atoms with Crippen LogP contribution in [0.4, 0.5) is 22.7 Å². The topological polar surface area (TPSA) is 118 Å². The first-order valence-corrected chi connectivity index (χ1v) is 12.6. The number of carbonyl (C=O) groups excluding carboxylic acids is 2. The molecule has 4 rings (SSSR count). The predicted molar refractivity (Wildman–Crippen MR) is 163 cm³/mol. The molecule has 0 saturated heterocycles. The van der Waals surface area contributed by atoms with E-state index in [-0.39, 0.29) is 22.0 Å². The van der Waals surface area contributed by atoms with E-state index in [2.05, 4.69) is 37.7 Å². The fourth-order valence-electron chi connectivity index (χ4n) is 3.38. The Bertz CT molecular complexity index is 1450. The lowest BCUT2D eigenvalue weighted by Gasteiger charge is -2.15. The zero-order valence-corrected chi connectivity index (χ0v) is 22.2. The molecular weight excluding hydrogens is 530 g/mol. The minimum atomic E-state index is -0.377. The number of benzene rings is 4. The summed E-state index contributed by atoms with van der Waals surface area (Å²) in [5.74, 6) is -0.734. The summed E-state index contributed by atoms with van der Waals surface area (Å²) in [5.41, 5.74) is 14.2. The van der Waals surface area contributed by atoms with Crippen molar-refractivity contribution in [3.63, 3.8) is 0 Å². The van der Waals surface area contributed by atoms with Gasteiger partial charge in [-0.25, -0.2) is 0 Å². The van der Waals surface area contributed by atoms with E-state index in [1.807, 2.05) is 66.7 Å². The zero-order chi connectivity index (χ0) is 27.5. The normalized spacial score (nSPS) is 9.95. The Morgan fingerprint density at radius 1 is 0.487 bits per heavy atom. The van der Waals surface area contributed by atoms with Crippen LogP contribution in [0.1, 0.15) is 20.7 Å². The van der Waals surface area contributed by atoms with E-state index in [4.69, 9.17) is 24.4 Å². The quantitative estimate of drug-likeness (QED) is 0.134. The SMILES string of the molecule is O=C(NNC(=S)Nc1ccccc1)c1ccc(Nc2ccccc2C(=O)NNC(=S)Nc2ccccc2)cc1. The van der Waals surface area contributed by atoms with Gasteiger partial charge in [0.15, 0.2) is 10.2 Å². The molecule has 9 nitrogen and oxygen atoms in total. The maximum atomic E-state index is 12.8. The lowest BCUT2D eigenvalue weighted by atomic mass is 10.1. The molecule has 11 heteroatoms. The van der Waals surface area contributed by atoms with Crippen LogP contribution in [0.5, 0.6) is 0 Å². The Labute approximate surface area is 236 Å². The summed E-state index contributed by atoms with van der Waals surface area (Å²) in [6.45, 7) is 0. The molecule has 0 aliphatic heterocycles. The van der Waals surface area contributed by atoms with Gasteiger partial charge in [0.25, 0.3) is 11.8 Å². The van der Waals surface area contributed by atoms with Crippen LogP contribution in [0.2, 0.25) is 0 Å². The van der Waals surface area contributed by atoms with E-state index in [0.29, 0.717) is 22.5 Å². The maximum absolute atomic E-state index is 12.8. The Morgan fingerprint density at radius 3 is 1.54 bits per heavy atom. The second kappa shape index (κ2) is 13.5. The second-order valence-electron chi connectivity index (χ2n) is 8.05. The molecule has 4 aromatic rings. The average molecular weight is 556 g/mol. The Hall–Kier alpha value is -5.00. The monoisotopic (exact) mass is 555 g/mol. The first-order valence-electron chi connectivity index (χ1n) is 11.8. The third-order valence-electron chi connectivity index (χ3n) is 5.24. The standard InChI is InChI=1S/C28H25N7O2S2/c36-25(32-34-27(38)30-20-9-3-1-4-10-20)19-15-17-22(18-16-19)29-24-14-8-7-13-23(24)26(37)33-35-28(39)31-21-11-5-2-6-12-21/h1-18,29H,(H,32,36)(H,33,37)(H2,30,34,38)(H2,31,35,39). The number of anilines is 4. The lowest BCUT2D eigenvalue weighted by Crippen LogP contribution is -2.43. The van der Waals surface area contributed by atoms with Crippen molar-refractivity contribution in [3.05, 3.63) is 120 Å². The molecule has 0 saturated carbocycles. The van der Waals surface area contributed by atoms with Crippen LogP contribution in [0.25, 0.3) is 0 Å². The first-order chi connectivity index (χ1) is 19.0. The van der Waals surface area contributed by atoms with Gasteiger partial charge in [0.2, 0.25) is 0 Å². The molecule has 2 amide bonds. The summed E-state index contributed by atoms with van der Waals surface area (Å²) < 4.78 is 0. The minimum absolute atomic E-state index is 0.250. The van der Waals surface area contributed by atoms with Crippen molar-refractivity contribution >= 4 is 69.2 Å². The van der Waals surface area contributed by atoms with Gasteiger partial charge in [-0.2, -0.15) is 0 Å². The van der Waals surface area contributed by atoms with Crippen molar-refractivity contribution in [2.24, 2.45) is 0 Å². The molecule has 0 spiro atoms. The van der Waals surface area contributed by atoms with Gasteiger partial charge in [-0.15, -0.1) is 0 Å². The summed E-state index contributed by atoms with van der Waals surface area (Å²) in [6.07, 6.45) is 0. The van der Waals surface area contributed by atoms with Gasteiger partial charge in [0.05, 0.1) is 11.3 Å². The molecule has 0 bridgehead atoms. The number of hydrazine groups is 2. The summed E-state index contributed by atoms with van der Waals surface area (Å²) in [4.78, 5) is 25.3. The molecule has 196 valence electrons. The molecule has 39 heavy (non-hydrogen) atoms. The van der Waals surface area contributed by atoms with Crippen LogP contribution in [0, 0.1) is 0 Å². The van der Waals surface area contributed by atoms with E-state index >= 15 is 0 Å². The van der Waals surface area contributed by atoms with Gasteiger partial charge in [-0.3, -0.25) is 31.3 Å². The Morgan fingerprint density at radius 2 is 0.974 bits per heavy atom. The number of amides is 2. The van der Waals surface area contributed by atoms with Gasteiger partial charge in [-0.1, -0.05) is 48.5 Å². The maximum Gasteiger partial charge on any atom is 0.271 e. The number of hydrogen-bond acceptors (Lipinski definition) is 5. The number of carbonyl (C=O) groups is 2. The highest BCUT2D eigenvalue weighted by Gasteiger charge is 2.12. The van der Waals surface area contributed by atoms with Gasteiger partial charge in [0.1, 0.15) is 0 Å². The van der Waals surface area contributed by atoms with Crippen molar-refractivity contribution in [1.29, 1.82) is 0 Å². The summed E-state index contributed by atoms with van der Waals surface area (Å²) in [6, 6.07) is 32.6. The van der Waals surface area contributed by atoms with Crippen molar-refractivity contribution < 1.29 is 9.59 Å². The number of nitrogens with one attached hydrogen (secondary N) is 7. The van der Waals surface area contributed by atoms with Gasteiger partial charge >= 0.3 is 0 Å². The molecule has 0 aliphatic rings. The second-order valence-corrected chi connectivity index (χ2v) is 8.86. The van der Waals surface area contributed by atoms with Crippen molar-refractivity contribution in [3.8, 4) is 0 Å². The highest BCUT2D eigenvalue weighted by molar-refractivity contribution is 7.80. The van der Waals surface area contributed by atoms with Crippen LogP contribution in [-0.2, 0) is 0 Å². The Kier molecular flexibility index (Phi) is 9.37. The molecule has 0 heterocycles. The molecule has 0 atom stereocenters. The average Bonchev–Trinajstić information content (AvgIpc) is 2.96. The molecule has 0 radical (unpaired) electrons. The van der Waals surface area contributed by atoms with Crippen molar-refractivity contribution in [2.45, 2.75) is 0 Å². The lowest BCUT2D eigenvalue weighted by molar-refractivity contribution is 0.0936. The molecule has 0 unspecified atom stereocenters. The van der Waals surface area contributed by atoms with Gasteiger partial charge < -0.3 is 16.0 Å². The van der Waals surface area contributed by atoms with E-state index in [9.17, 15) is 9.59 Å². The van der Waals surface area contributed by atoms with E-state index in [1.54, 1.807) is 42.5 Å². The van der Waals surface area contributed by atoms with Crippen LogP contribution in [-0.4, -0.2) is 22.0 Å². The Balaban J connectivity index is 1.29. The first kappa shape index (κ1) is 27.0. The molecule has 0 aliphatic carbocycles. The summed E-state index contributed by atoms with van der Waals surface area (Å²) in [7, 11) is 0. The van der Waals surface area contributed by atoms with E-state index in [1.165, 1.54) is 0 Å². The summed E-state index contributed by atoms with van der Waals surface area (Å²) >= 11 is 10.4. The van der Waals surface area contributed by atoms with Crippen LogP contribution < -0.4 is 37.7 Å². The molecule has 7 N–H and O–H groups in total. The largest absolute Gasteiger partial charge is 0.355 e. The smallest absolute Gasteiger partial charge is 0.271 e. The van der Waals surface area contributed by atoms with E-state index in [0.717, 1.165) is 11.4 Å². The number of para-hydroxylation sites is 3. The fourth-order valence-corrected chi connectivity index (χ4v) is 3.72. The molecule has 0 aromatic heterocycles. The van der Waals surface area contributed by atoms with Crippen LogP contribution >= 0.6 is 24.4 Å². The predicted octanol–water partition coefficient (Wildman–Crippen LogP) is 4.69. The fraction of sp³-hybridized carbons (Fsp3) is 0. The molecule has 0 fully saturated rings. The van der Waals surface area contributed by atoms with Crippen LogP contribution in [0.15, 0.2) is 109 Å². The summed E-state index contributed by atoms with van der Waals surface area (Å²) in [5, 5.41) is 9.68. The number of hydrogen-bond donors (Lipinski definition) is 7. The highest BCUT2D eigenvalue weighted by Crippen LogP contribution is 2.21. The number of rotatable bonds is 6. The third-order valence-corrected chi connectivity index (χ3v) is 5.65. The van der Waals surface area contributed by atoms with Gasteiger partial charge in [-0.05, 0) is 85.1 Å². The van der Waals surface area contributed by atoms with Crippen molar-refractivity contribution in [2.75, 3.05) is 16.0 Å². The minimum Gasteiger partial charge on any atom is -0.355 e. The zero-order valence-electron chi connectivity index (χ0n) is 20.5. The van der Waals surface area contributed by atoms with E-state index < -0.39 is 0 Å². The van der Waals surface area contributed by atoms with Gasteiger partial charge in [0, 0.05) is 22.6 Å². The van der Waals surface area contributed by atoms with Crippen molar-refractivity contribution in [1.82, 2.24) is 21.7 Å². The van der Waals surface area contributed by atoms with Crippen LogP contribution in [0.3, 0.4) is 0 Å². The third kappa shape index (κ3) is 8.25. The molecular formula is C28H25N7O2S2. The number of thiocarbonyl (C=S) groups is 2. The molecule has 4 aromatic carbocycles.